The van der Waals surface area contributed by atoms with Crippen molar-refractivity contribution in [3.8, 4) is 11.8 Å². The Kier molecular flexibility index (Phi) is 7.16. The molecule has 0 saturated carbocycles. The van der Waals surface area contributed by atoms with E-state index < -0.39 is 6.47 Å². The van der Waals surface area contributed by atoms with Crippen molar-refractivity contribution in [2.24, 2.45) is 0 Å². The van der Waals surface area contributed by atoms with Crippen LogP contribution in [0.2, 0.25) is 0 Å². The normalized spacial score (nSPS) is 12.4. The summed E-state index contributed by atoms with van der Waals surface area (Å²) < 4.78 is 5.77. The van der Waals surface area contributed by atoms with Crippen molar-refractivity contribution in [2.45, 2.75) is 52.8 Å². The molecule has 0 radical (unpaired) electrons. The first-order chi connectivity index (χ1) is 9.41. The van der Waals surface area contributed by atoms with Crippen molar-refractivity contribution in [1.29, 1.82) is 0 Å². The zero-order valence-electron chi connectivity index (χ0n) is 12.9. The standard InChI is InChI=1S/C16H23BClNO/c1-13(2)19(14(3)4)17(18)20-15(5)11-12-16-9-7-6-8-10-16/h6-10,13-15H,1-5H3. The molecule has 20 heavy (non-hydrogen) atoms. The third-order valence-electron chi connectivity index (χ3n) is 2.94. The Labute approximate surface area is 128 Å². The van der Waals surface area contributed by atoms with Crippen LogP contribution in [0.5, 0.6) is 0 Å². The maximum Gasteiger partial charge on any atom is 0.495 e. The molecular weight excluding hydrogens is 268 g/mol. The summed E-state index contributed by atoms with van der Waals surface area (Å²) in [5, 5.41) is 0. The van der Waals surface area contributed by atoms with Crippen molar-refractivity contribution < 1.29 is 4.65 Å². The van der Waals surface area contributed by atoms with Gasteiger partial charge in [-0.15, -0.1) is 11.5 Å². The highest BCUT2D eigenvalue weighted by Crippen LogP contribution is 2.13. The monoisotopic (exact) mass is 291 g/mol. The van der Waals surface area contributed by atoms with Gasteiger partial charge in [-0.1, -0.05) is 57.7 Å². The molecule has 1 atom stereocenters. The predicted octanol–water partition coefficient (Wildman–Crippen LogP) is 3.79. The summed E-state index contributed by atoms with van der Waals surface area (Å²) in [6.07, 6.45) is -0.210. The van der Waals surface area contributed by atoms with Crippen molar-refractivity contribution in [2.75, 3.05) is 0 Å². The molecule has 0 heterocycles. The molecule has 0 aliphatic carbocycles. The third kappa shape index (κ3) is 5.59. The largest absolute Gasteiger partial charge is 0.495 e. The Bertz CT molecular complexity index is 445. The molecule has 0 N–H and O–H groups in total. The van der Waals surface area contributed by atoms with Crippen LogP contribution in [0, 0.1) is 11.8 Å². The zero-order valence-corrected chi connectivity index (χ0v) is 13.7. The van der Waals surface area contributed by atoms with Gasteiger partial charge in [0.25, 0.3) is 0 Å². The molecule has 108 valence electrons. The molecule has 1 rings (SSSR count). The first-order valence-corrected chi connectivity index (χ1v) is 7.49. The fourth-order valence-corrected chi connectivity index (χ4v) is 2.65. The lowest BCUT2D eigenvalue weighted by Gasteiger charge is -2.32. The molecule has 1 aromatic rings. The van der Waals surface area contributed by atoms with Crippen molar-refractivity contribution in [1.82, 2.24) is 4.81 Å². The van der Waals surface area contributed by atoms with E-state index in [1.807, 2.05) is 37.3 Å². The van der Waals surface area contributed by atoms with Gasteiger partial charge in [0.2, 0.25) is 0 Å². The van der Waals surface area contributed by atoms with Crippen LogP contribution in [0.1, 0.15) is 40.2 Å². The molecule has 1 aromatic carbocycles. The molecule has 0 saturated heterocycles. The first-order valence-electron chi connectivity index (χ1n) is 7.05. The molecule has 0 fully saturated rings. The van der Waals surface area contributed by atoms with Gasteiger partial charge in [0.05, 0.1) is 0 Å². The zero-order chi connectivity index (χ0) is 15.1. The third-order valence-corrected chi connectivity index (χ3v) is 3.27. The number of hydrogen-bond donors (Lipinski definition) is 0. The number of halogens is 1. The number of nitrogens with zero attached hydrogens (tertiary/aromatic N) is 1. The molecule has 0 aliphatic heterocycles. The van der Waals surface area contributed by atoms with E-state index in [2.05, 4.69) is 44.3 Å². The van der Waals surface area contributed by atoms with E-state index in [0.29, 0.717) is 12.1 Å². The Morgan fingerprint density at radius 3 is 2.10 bits per heavy atom. The van der Waals surface area contributed by atoms with Crippen molar-refractivity contribution in [3.63, 3.8) is 0 Å². The Hall–Kier alpha value is -0.945. The molecule has 0 bridgehead atoms. The van der Waals surface area contributed by atoms with Gasteiger partial charge in [0.15, 0.2) is 0 Å². The van der Waals surface area contributed by atoms with E-state index in [9.17, 15) is 0 Å². The second kappa shape index (κ2) is 8.37. The minimum Gasteiger partial charge on any atom is -0.395 e. The van der Waals surface area contributed by atoms with E-state index in [1.54, 1.807) is 0 Å². The van der Waals surface area contributed by atoms with Gasteiger partial charge < -0.3 is 4.65 Å². The maximum absolute atomic E-state index is 6.35. The molecular formula is C16H23BClNO. The van der Waals surface area contributed by atoms with Crippen LogP contribution in [-0.4, -0.2) is 29.5 Å². The van der Waals surface area contributed by atoms with Crippen molar-refractivity contribution >= 4 is 17.9 Å². The highest BCUT2D eigenvalue weighted by atomic mass is 35.5. The molecule has 1 unspecified atom stereocenters. The lowest BCUT2D eigenvalue weighted by atomic mass is 10.0. The summed E-state index contributed by atoms with van der Waals surface area (Å²) in [5.41, 5.74) is 0.985. The summed E-state index contributed by atoms with van der Waals surface area (Å²) in [7, 11) is 0. The Morgan fingerprint density at radius 2 is 1.60 bits per heavy atom. The summed E-state index contributed by atoms with van der Waals surface area (Å²) in [5.74, 6) is 6.17. The van der Waals surface area contributed by atoms with Crippen LogP contribution in [0.15, 0.2) is 30.3 Å². The molecule has 0 amide bonds. The second-order valence-electron chi connectivity index (χ2n) is 5.34. The predicted molar refractivity (Wildman–Crippen MR) is 87.6 cm³/mol. The minimum absolute atomic E-state index is 0.210. The van der Waals surface area contributed by atoms with Gasteiger partial charge in [0, 0.05) is 5.56 Å². The van der Waals surface area contributed by atoms with Gasteiger partial charge in [-0.25, -0.2) is 0 Å². The molecule has 0 spiro atoms. The van der Waals surface area contributed by atoms with Gasteiger partial charge in [-0.2, -0.15) is 0 Å². The maximum atomic E-state index is 6.35. The van der Waals surface area contributed by atoms with Crippen LogP contribution in [0.3, 0.4) is 0 Å². The van der Waals surface area contributed by atoms with Crippen LogP contribution in [-0.2, 0) is 4.65 Å². The quantitative estimate of drug-likeness (QED) is 0.604. The van der Waals surface area contributed by atoms with E-state index in [4.69, 9.17) is 16.1 Å². The SMILES string of the molecule is CC(C#Cc1ccccc1)OB(Cl)N(C(C)C)C(C)C. The molecule has 2 nitrogen and oxygen atoms in total. The molecule has 4 heteroatoms. The smallest absolute Gasteiger partial charge is 0.395 e. The van der Waals surface area contributed by atoms with Crippen LogP contribution in [0.4, 0.5) is 0 Å². The number of benzene rings is 1. The van der Waals surface area contributed by atoms with Crippen LogP contribution < -0.4 is 0 Å². The summed E-state index contributed by atoms with van der Waals surface area (Å²) in [6.45, 7) is 9.90. The summed E-state index contributed by atoms with van der Waals surface area (Å²) in [4.78, 5) is 2.11. The Balaban J connectivity index is 2.62. The van der Waals surface area contributed by atoms with Gasteiger partial charge in [0.1, 0.15) is 6.10 Å². The molecule has 0 aliphatic rings. The highest BCUT2D eigenvalue weighted by molar-refractivity contribution is 7.01. The number of rotatable bonds is 5. The second-order valence-corrected chi connectivity index (χ2v) is 5.71. The topological polar surface area (TPSA) is 12.5 Å². The summed E-state index contributed by atoms with van der Waals surface area (Å²) >= 11 is 6.35. The van der Waals surface area contributed by atoms with Gasteiger partial charge >= 0.3 is 6.47 Å². The highest BCUT2D eigenvalue weighted by Gasteiger charge is 2.29. The Morgan fingerprint density at radius 1 is 1.05 bits per heavy atom. The van der Waals surface area contributed by atoms with E-state index in [-0.39, 0.29) is 6.10 Å². The van der Waals surface area contributed by atoms with E-state index in [0.717, 1.165) is 5.56 Å². The van der Waals surface area contributed by atoms with Gasteiger partial charge in [-0.3, -0.25) is 4.81 Å². The van der Waals surface area contributed by atoms with Crippen molar-refractivity contribution in [3.05, 3.63) is 35.9 Å². The lowest BCUT2D eigenvalue weighted by molar-refractivity contribution is 0.205. The van der Waals surface area contributed by atoms with E-state index >= 15 is 0 Å². The summed E-state index contributed by atoms with van der Waals surface area (Å²) in [6, 6.07) is 10.5. The van der Waals surface area contributed by atoms with Crippen LogP contribution in [0.25, 0.3) is 0 Å². The number of hydrogen-bond acceptors (Lipinski definition) is 2. The minimum atomic E-state index is -0.463. The van der Waals surface area contributed by atoms with Crippen LogP contribution >= 0.6 is 11.5 Å². The average Bonchev–Trinajstić information content (AvgIpc) is 2.36. The fraction of sp³-hybridized carbons (Fsp3) is 0.500. The lowest BCUT2D eigenvalue weighted by Crippen LogP contribution is -2.48. The van der Waals surface area contributed by atoms with E-state index in [1.165, 1.54) is 0 Å². The fourth-order valence-electron chi connectivity index (χ4n) is 2.04. The van der Waals surface area contributed by atoms with Gasteiger partial charge in [-0.05, 0) is 31.1 Å². The molecule has 0 aromatic heterocycles. The first kappa shape index (κ1) is 17.1. The average molecular weight is 292 g/mol.